The molecule has 0 saturated heterocycles. The van der Waals surface area contributed by atoms with Crippen LogP contribution in [0.3, 0.4) is 0 Å². The summed E-state index contributed by atoms with van der Waals surface area (Å²) >= 11 is 0. The van der Waals surface area contributed by atoms with Gasteiger partial charge in [-0.3, -0.25) is 4.79 Å². The molecule has 2 bridgehead atoms. The zero-order chi connectivity index (χ0) is 23.4. The maximum atomic E-state index is 14.0. The number of hydrogen-bond acceptors (Lipinski definition) is 5. The van der Waals surface area contributed by atoms with E-state index in [9.17, 15) is 14.3 Å². The number of nitrogens with zero attached hydrogens (tertiary/aromatic N) is 4. The number of hydrogen-bond donors (Lipinski definition) is 3. The average Bonchev–Trinajstić information content (AvgIpc) is 3.45. The van der Waals surface area contributed by atoms with Crippen molar-refractivity contribution in [3.8, 4) is 22.6 Å². The number of aromatic amines is 1. The Morgan fingerprint density at radius 3 is 2.74 bits per heavy atom. The van der Waals surface area contributed by atoms with E-state index >= 15 is 0 Å². The molecule has 3 saturated carbocycles. The molecule has 3 N–H and O–H groups in total. The first kappa shape index (κ1) is 20.8. The topological polar surface area (TPSA) is 109 Å². The fourth-order valence-electron chi connectivity index (χ4n) is 5.79. The number of carboxylic acid groups (broad SMARTS) is 1. The summed E-state index contributed by atoms with van der Waals surface area (Å²) in [4.78, 5) is 28.9. The summed E-state index contributed by atoms with van der Waals surface area (Å²) in [5.74, 6) is -0.121. The molecular formula is C25H25FN6O2. The van der Waals surface area contributed by atoms with Gasteiger partial charge in [0, 0.05) is 54.3 Å². The molecule has 3 aliphatic rings. The number of H-pyrrole nitrogens is 1. The molecule has 3 fully saturated rings. The number of carboxylic acids is 1. The molecule has 3 aliphatic carbocycles. The van der Waals surface area contributed by atoms with E-state index in [0.717, 1.165) is 31.2 Å². The molecule has 0 aliphatic heterocycles. The van der Waals surface area contributed by atoms with Crippen molar-refractivity contribution in [1.82, 2.24) is 24.5 Å². The van der Waals surface area contributed by atoms with Crippen molar-refractivity contribution in [1.29, 1.82) is 0 Å². The summed E-state index contributed by atoms with van der Waals surface area (Å²) in [6.07, 6.45) is 10.8. The highest BCUT2D eigenvalue weighted by Gasteiger charge is 2.47. The van der Waals surface area contributed by atoms with Crippen LogP contribution in [0.2, 0.25) is 0 Å². The highest BCUT2D eigenvalue weighted by Crippen LogP contribution is 2.46. The van der Waals surface area contributed by atoms with Gasteiger partial charge in [0.25, 0.3) is 0 Å². The highest BCUT2D eigenvalue weighted by atomic mass is 19.1. The maximum absolute atomic E-state index is 14.0. The zero-order valence-corrected chi connectivity index (χ0v) is 18.7. The molecule has 2 atom stereocenters. The van der Waals surface area contributed by atoms with Gasteiger partial charge in [0.1, 0.15) is 17.3 Å². The van der Waals surface area contributed by atoms with Gasteiger partial charge in [0.05, 0.1) is 17.8 Å². The number of fused-ring (bicyclic) bond motifs is 4. The third kappa shape index (κ3) is 3.52. The number of aryl methyl sites for hydroxylation is 1. The summed E-state index contributed by atoms with van der Waals surface area (Å²) < 4.78 is 15.9. The van der Waals surface area contributed by atoms with Gasteiger partial charge in [-0.2, -0.15) is 0 Å². The minimum absolute atomic E-state index is 0.182. The summed E-state index contributed by atoms with van der Waals surface area (Å²) in [6.45, 7) is 0. The van der Waals surface area contributed by atoms with Crippen LogP contribution >= 0.6 is 0 Å². The van der Waals surface area contributed by atoms with Gasteiger partial charge >= 0.3 is 5.97 Å². The summed E-state index contributed by atoms with van der Waals surface area (Å²) in [5.41, 5.74) is 2.82. The van der Waals surface area contributed by atoms with Crippen LogP contribution in [-0.4, -0.2) is 41.6 Å². The van der Waals surface area contributed by atoms with Crippen LogP contribution in [0.4, 0.5) is 10.2 Å². The molecule has 0 radical (unpaired) electrons. The summed E-state index contributed by atoms with van der Waals surface area (Å²) in [6, 6.07) is 5.07. The van der Waals surface area contributed by atoms with E-state index in [-0.39, 0.29) is 12.0 Å². The van der Waals surface area contributed by atoms with E-state index in [1.54, 1.807) is 6.20 Å². The van der Waals surface area contributed by atoms with Gasteiger partial charge in [-0.1, -0.05) is 0 Å². The average molecular weight is 461 g/mol. The number of rotatable bonds is 5. The van der Waals surface area contributed by atoms with E-state index in [4.69, 9.17) is 9.97 Å². The smallest absolute Gasteiger partial charge is 0.308 e. The molecule has 0 spiro atoms. The minimum Gasteiger partial charge on any atom is -0.481 e. The van der Waals surface area contributed by atoms with Crippen LogP contribution in [0.25, 0.3) is 33.7 Å². The molecule has 0 aromatic carbocycles. The molecule has 8 nitrogen and oxygen atoms in total. The van der Waals surface area contributed by atoms with Crippen molar-refractivity contribution in [3.63, 3.8) is 0 Å². The Labute approximate surface area is 195 Å². The van der Waals surface area contributed by atoms with Crippen LogP contribution in [0.15, 0.2) is 43.0 Å². The molecule has 4 heterocycles. The monoisotopic (exact) mass is 460 g/mol. The molecule has 4 aromatic rings. The Bertz CT molecular complexity index is 1390. The fourth-order valence-corrected chi connectivity index (χ4v) is 5.79. The van der Waals surface area contributed by atoms with Gasteiger partial charge in [0.15, 0.2) is 5.82 Å². The Hall–Kier alpha value is -3.75. The SMILES string of the molecule is Cn1ccc(-c2cc(NC3C4CCC(CC4)C3C(=O)O)nc(-c3c[nH]c4ncc(F)cc34)n2)c1. The first-order valence-corrected chi connectivity index (χ1v) is 11.6. The highest BCUT2D eigenvalue weighted by molar-refractivity contribution is 5.92. The van der Waals surface area contributed by atoms with Gasteiger partial charge in [-0.25, -0.2) is 19.3 Å². The van der Waals surface area contributed by atoms with Crippen LogP contribution in [0.1, 0.15) is 25.7 Å². The lowest BCUT2D eigenvalue weighted by Gasteiger charge is -2.47. The van der Waals surface area contributed by atoms with Crippen LogP contribution in [0, 0.1) is 23.6 Å². The molecule has 7 rings (SSSR count). The molecule has 4 aromatic heterocycles. The Balaban J connectivity index is 1.46. The Kier molecular flexibility index (Phi) is 4.86. The van der Waals surface area contributed by atoms with E-state index in [2.05, 4.69) is 15.3 Å². The number of aromatic nitrogens is 5. The fraction of sp³-hybridized carbons (Fsp3) is 0.360. The van der Waals surface area contributed by atoms with Crippen molar-refractivity contribution < 1.29 is 14.3 Å². The minimum atomic E-state index is -0.748. The van der Waals surface area contributed by atoms with E-state index < -0.39 is 17.7 Å². The predicted octanol–water partition coefficient (Wildman–Crippen LogP) is 4.47. The largest absolute Gasteiger partial charge is 0.481 e. The molecule has 2 unspecified atom stereocenters. The predicted molar refractivity (Wildman–Crippen MR) is 125 cm³/mol. The lowest BCUT2D eigenvalue weighted by molar-refractivity contribution is -0.148. The van der Waals surface area contributed by atoms with Gasteiger partial charge < -0.3 is 20.0 Å². The maximum Gasteiger partial charge on any atom is 0.308 e. The lowest BCUT2D eigenvalue weighted by atomic mass is 9.61. The van der Waals surface area contributed by atoms with Crippen molar-refractivity contribution in [2.45, 2.75) is 31.7 Å². The molecule has 34 heavy (non-hydrogen) atoms. The second-order valence-corrected chi connectivity index (χ2v) is 9.49. The van der Waals surface area contributed by atoms with E-state index in [1.807, 2.05) is 36.1 Å². The third-order valence-corrected chi connectivity index (χ3v) is 7.41. The first-order chi connectivity index (χ1) is 16.5. The Morgan fingerprint density at radius 2 is 2.00 bits per heavy atom. The molecule has 174 valence electrons. The number of anilines is 1. The second-order valence-electron chi connectivity index (χ2n) is 9.49. The van der Waals surface area contributed by atoms with Gasteiger partial charge in [0.2, 0.25) is 0 Å². The lowest BCUT2D eigenvalue weighted by Crippen LogP contribution is -2.51. The quantitative estimate of drug-likeness (QED) is 0.406. The standard InChI is InChI=1S/C25H25FN6O2/c1-32-7-6-15(12-32)19-9-20(30-22-14-4-2-13(3-5-14)21(22)25(33)34)31-24(29-19)18-11-28-23-17(18)8-16(26)10-27-23/h6-14,21-22H,2-5H2,1H3,(H,27,28)(H,33,34)(H,29,30,31). The zero-order valence-electron chi connectivity index (χ0n) is 18.7. The van der Waals surface area contributed by atoms with E-state index in [1.165, 1.54) is 12.3 Å². The second kappa shape index (κ2) is 7.93. The number of halogens is 1. The normalized spacial score (nSPS) is 23.9. The molecule has 9 heteroatoms. The van der Waals surface area contributed by atoms with Crippen molar-refractivity contribution in [2.75, 3.05) is 5.32 Å². The van der Waals surface area contributed by atoms with Crippen LogP contribution < -0.4 is 5.32 Å². The van der Waals surface area contributed by atoms with Crippen molar-refractivity contribution in [2.24, 2.45) is 24.8 Å². The van der Waals surface area contributed by atoms with Gasteiger partial charge in [-0.15, -0.1) is 0 Å². The van der Waals surface area contributed by atoms with Crippen molar-refractivity contribution in [3.05, 3.63) is 48.8 Å². The number of nitrogens with one attached hydrogen (secondary N) is 2. The molecule has 0 amide bonds. The first-order valence-electron chi connectivity index (χ1n) is 11.6. The van der Waals surface area contributed by atoms with Crippen LogP contribution in [0.5, 0.6) is 0 Å². The number of pyridine rings is 1. The van der Waals surface area contributed by atoms with Gasteiger partial charge in [-0.05, 0) is 49.7 Å². The Morgan fingerprint density at radius 1 is 1.21 bits per heavy atom. The number of carbonyl (C=O) groups is 1. The summed E-state index contributed by atoms with van der Waals surface area (Å²) in [7, 11) is 1.94. The van der Waals surface area contributed by atoms with E-state index in [0.29, 0.717) is 39.9 Å². The number of aliphatic carboxylic acids is 1. The summed E-state index contributed by atoms with van der Waals surface area (Å²) in [5, 5.41) is 14.0. The van der Waals surface area contributed by atoms with Crippen molar-refractivity contribution >= 4 is 22.8 Å². The molecular weight excluding hydrogens is 435 g/mol. The van der Waals surface area contributed by atoms with Crippen LogP contribution in [-0.2, 0) is 11.8 Å². The third-order valence-electron chi connectivity index (χ3n) is 7.41.